The van der Waals surface area contributed by atoms with Crippen LogP contribution in [0.3, 0.4) is 0 Å². The molecule has 0 unspecified atom stereocenters. The average Bonchev–Trinajstić information content (AvgIpc) is 3.11. The molecule has 3 rings (SSSR count). The molecular weight excluding hydrogens is 371 g/mol. The zero-order valence-electron chi connectivity index (χ0n) is 14.2. The molecule has 3 aromatic rings. The zero-order chi connectivity index (χ0) is 19.2. The van der Waals surface area contributed by atoms with Crippen LogP contribution in [0.4, 0.5) is 15.8 Å². The number of rotatable bonds is 6. The van der Waals surface area contributed by atoms with Crippen molar-refractivity contribution >= 4 is 35.0 Å². The van der Waals surface area contributed by atoms with Crippen molar-refractivity contribution in [1.29, 1.82) is 0 Å². The topological polar surface area (TPSA) is 97.1 Å². The van der Waals surface area contributed by atoms with Crippen molar-refractivity contribution in [2.45, 2.75) is 12.1 Å². The van der Waals surface area contributed by atoms with Crippen LogP contribution >= 0.6 is 11.8 Å². The molecule has 0 bridgehead atoms. The van der Waals surface area contributed by atoms with E-state index in [0.717, 1.165) is 11.8 Å². The lowest BCUT2D eigenvalue weighted by Crippen LogP contribution is -2.13. The summed E-state index contributed by atoms with van der Waals surface area (Å²) in [5, 5.41) is 13.4. The van der Waals surface area contributed by atoms with Crippen molar-refractivity contribution in [2.75, 3.05) is 16.4 Å². The van der Waals surface area contributed by atoms with Crippen molar-refractivity contribution in [3.8, 4) is 11.5 Å². The van der Waals surface area contributed by atoms with Crippen molar-refractivity contribution < 1.29 is 18.4 Å². The lowest BCUT2D eigenvalue weighted by Gasteiger charge is -2.03. The Labute approximate surface area is 158 Å². The van der Waals surface area contributed by atoms with Gasteiger partial charge in [-0.25, -0.2) is 4.39 Å². The van der Waals surface area contributed by atoms with E-state index in [4.69, 9.17) is 4.42 Å². The fourth-order valence-corrected chi connectivity index (χ4v) is 2.70. The molecule has 2 amide bonds. The van der Waals surface area contributed by atoms with Crippen molar-refractivity contribution in [1.82, 2.24) is 10.2 Å². The first-order valence-electron chi connectivity index (χ1n) is 7.89. The van der Waals surface area contributed by atoms with Crippen LogP contribution in [0.1, 0.15) is 6.92 Å². The van der Waals surface area contributed by atoms with Crippen molar-refractivity contribution in [3.63, 3.8) is 0 Å². The van der Waals surface area contributed by atoms with Crippen LogP contribution < -0.4 is 10.6 Å². The molecule has 138 valence electrons. The van der Waals surface area contributed by atoms with E-state index in [2.05, 4.69) is 20.8 Å². The first kappa shape index (κ1) is 18.6. The highest BCUT2D eigenvalue weighted by Crippen LogP contribution is 2.24. The molecule has 1 heterocycles. The van der Waals surface area contributed by atoms with Crippen molar-refractivity contribution in [3.05, 3.63) is 54.3 Å². The Kier molecular flexibility index (Phi) is 5.82. The largest absolute Gasteiger partial charge is 0.411 e. The van der Waals surface area contributed by atoms with Gasteiger partial charge in [-0.3, -0.25) is 9.59 Å². The van der Waals surface area contributed by atoms with Gasteiger partial charge >= 0.3 is 0 Å². The van der Waals surface area contributed by atoms with Crippen LogP contribution in [0.25, 0.3) is 11.5 Å². The van der Waals surface area contributed by atoms with E-state index in [1.54, 1.807) is 24.3 Å². The maximum Gasteiger partial charge on any atom is 0.277 e. The van der Waals surface area contributed by atoms with Crippen LogP contribution in [-0.2, 0) is 9.59 Å². The highest BCUT2D eigenvalue weighted by atomic mass is 32.2. The number of hydrogen-bond acceptors (Lipinski definition) is 6. The molecule has 0 aliphatic heterocycles. The van der Waals surface area contributed by atoms with Gasteiger partial charge in [0.1, 0.15) is 5.82 Å². The minimum atomic E-state index is -0.370. The van der Waals surface area contributed by atoms with E-state index in [1.807, 2.05) is 0 Å². The summed E-state index contributed by atoms with van der Waals surface area (Å²) in [4.78, 5) is 22.9. The Morgan fingerprint density at radius 3 is 2.30 bits per heavy atom. The fraction of sp³-hybridized carbons (Fsp3) is 0.111. The van der Waals surface area contributed by atoms with Gasteiger partial charge < -0.3 is 15.1 Å². The van der Waals surface area contributed by atoms with Gasteiger partial charge in [0.05, 0.1) is 5.75 Å². The molecule has 0 fully saturated rings. The molecule has 0 spiro atoms. The second-order valence-corrected chi connectivity index (χ2v) is 6.40. The maximum atomic E-state index is 12.9. The van der Waals surface area contributed by atoms with Crippen LogP contribution in [0, 0.1) is 5.82 Å². The zero-order valence-corrected chi connectivity index (χ0v) is 15.0. The van der Waals surface area contributed by atoms with E-state index in [0.29, 0.717) is 22.8 Å². The SMILES string of the molecule is CC(=O)Nc1ccc(-c2nnc(SCC(=O)Nc3ccc(F)cc3)o2)cc1. The standard InChI is InChI=1S/C18H15FN4O3S/c1-11(24)20-14-6-2-12(3-7-14)17-22-23-18(26-17)27-10-16(25)21-15-8-4-13(19)5-9-15/h2-9H,10H2,1H3,(H,20,24)(H,21,25). The minimum absolute atomic E-state index is 0.0699. The van der Waals surface area contributed by atoms with E-state index in [1.165, 1.54) is 31.2 Å². The molecular formula is C18H15FN4O3S. The van der Waals surface area contributed by atoms with Crippen LogP contribution in [0.15, 0.2) is 58.2 Å². The lowest BCUT2D eigenvalue weighted by atomic mass is 10.2. The second kappa shape index (κ2) is 8.45. The number of benzene rings is 2. The summed E-state index contributed by atoms with van der Waals surface area (Å²) in [5.74, 6) is -0.415. The van der Waals surface area contributed by atoms with E-state index in [9.17, 15) is 14.0 Å². The molecule has 0 saturated carbocycles. The van der Waals surface area contributed by atoms with Gasteiger partial charge in [0.15, 0.2) is 0 Å². The van der Waals surface area contributed by atoms with Gasteiger partial charge in [0.2, 0.25) is 17.7 Å². The number of nitrogens with zero attached hydrogens (tertiary/aromatic N) is 2. The van der Waals surface area contributed by atoms with Crippen LogP contribution in [-0.4, -0.2) is 27.8 Å². The molecule has 1 aromatic heterocycles. The highest BCUT2D eigenvalue weighted by Gasteiger charge is 2.11. The molecule has 0 aliphatic rings. The van der Waals surface area contributed by atoms with E-state index < -0.39 is 0 Å². The van der Waals surface area contributed by atoms with Gasteiger partial charge in [0.25, 0.3) is 5.22 Å². The average molecular weight is 386 g/mol. The van der Waals surface area contributed by atoms with Crippen molar-refractivity contribution in [2.24, 2.45) is 0 Å². The predicted octanol–water partition coefficient (Wildman–Crippen LogP) is 3.56. The molecule has 0 saturated heterocycles. The summed E-state index contributed by atoms with van der Waals surface area (Å²) in [7, 11) is 0. The highest BCUT2D eigenvalue weighted by molar-refractivity contribution is 7.99. The first-order chi connectivity index (χ1) is 13.0. The lowest BCUT2D eigenvalue weighted by molar-refractivity contribution is -0.114. The summed E-state index contributed by atoms with van der Waals surface area (Å²) >= 11 is 1.09. The van der Waals surface area contributed by atoms with E-state index in [-0.39, 0.29) is 28.6 Å². The molecule has 0 atom stereocenters. The number of hydrogen-bond donors (Lipinski definition) is 2. The fourth-order valence-electron chi connectivity index (χ4n) is 2.14. The number of carbonyl (C=O) groups excluding carboxylic acids is 2. The second-order valence-electron chi connectivity index (χ2n) is 5.48. The van der Waals surface area contributed by atoms with Crippen LogP contribution in [0.5, 0.6) is 0 Å². The summed E-state index contributed by atoms with van der Waals surface area (Å²) in [6.45, 7) is 1.43. The molecule has 9 heteroatoms. The summed E-state index contributed by atoms with van der Waals surface area (Å²) in [5.41, 5.74) is 1.87. The number of anilines is 2. The number of thioether (sulfide) groups is 1. The number of aromatic nitrogens is 2. The third-order valence-corrected chi connectivity index (χ3v) is 4.13. The monoisotopic (exact) mass is 386 g/mol. The van der Waals surface area contributed by atoms with Gasteiger partial charge in [-0.1, -0.05) is 11.8 Å². The van der Waals surface area contributed by atoms with E-state index >= 15 is 0 Å². The smallest absolute Gasteiger partial charge is 0.277 e. The van der Waals surface area contributed by atoms with Gasteiger partial charge in [0, 0.05) is 23.9 Å². The third kappa shape index (κ3) is 5.38. The Bertz CT molecular complexity index is 942. The van der Waals surface area contributed by atoms with Crippen LogP contribution in [0.2, 0.25) is 0 Å². The maximum absolute atomic E-state index is 12.9. The number of carbonyl (C=O) groups is 2. The first-order valence-corrected chi connectivity index (χ1v) is 8.88. The number of halogens is 1. The molecule has 2 N–H and O–H groups in total. The predicted molar refractivity (Wildman–Crippen MR) is 99.8 cm³/mol. The molecule has 0 aliphatic carbocycles. The molecule has 0 radical (unpaired) electrons. The summed E-state index contributed by atoms with van der Waals surface area (Å²) in [6, 6.07) is 12.4. The van der Waals surface area contributed by atoms with Gasteiger partial charge in [-0.2, -0.15) is 0 Å². The number of amides is 2. The normalized spacial score (nSPS) is 10.4. The van der Waals surface area contributed by atoms with Gasteiger partial charge in [-0.15, -0.1) is 10.2 Å². The summed E-state index contributed by atoms with van der Waals surface area (Å²) < 4.78 is 18.4. The molecule has 27 heavy (non-hydrogen) atoms. The molecule has 7 nitrogen and oxygen atoms in total. The Hall–Kier alpha value is -3.20. The van der Waals surface area contributed by atoms with Gasteiger partial charge in [-0.05, 0) is 48.5 Å². The third-order valence-electron chi connectivity index (χ3n) is 3.31. The molecule has 2 aromatic carbocycles. The number of nitrogens with one attached hydrogen (secondary N) is 2. The summed E-state index contributed by atoms with van der Waals surface area (Å²) in [6.07, 6.45) is 0. The Morgan fingerprint density at radius 1 is 1.00 bits per heavy atom. The Balaban J connectivity index is 1.55. The minimum Gasteiger partial charge on any atom is -0.411 e. The Morgan fingerprint density at radius 2 is 1.63 bits per heavy atom. The quantitative estimate of drug-likeness (QED) is 0.629.